The number of aromatic nitrogens is 1. The molecule has 2 aromatic rings. The van der Waals surface area contributed by atoms with Gasteiger partial charge in [0.2, 0.25) is 5.91 Å². The molecule has 1 amide bonds. The molecule has 1 atom stereocenters. The third kappa shape index (κ3) is 2.54. The van der Waals surface area contributed by atoms with Crippen molar-refractivity contribution in [1.82, 2.24) is 10.1 Å². The van der Waals surface area contributed by atoms with Crippen molar-refractivity contribution >= 4 is 28.6 Å². The minimum atomic E-state index is 0.160. The number of hydrogen-bond donors (Lipinski definition) is 0. The summed E-state index contributed by atoms with van der Waals surface area (Å²) in [5.74, 6) is 1.20. The van der Waals surface area contributed by atoms with E-state index in [1.54, 1.807) is 0 Å². The molecule has 1 aliphatic heterocycles. The topological polar surface area (TPSA) is 46.3 Å². The third-order valence-corrected chi connectivity index (χ3v) is 4.91. The highest BCUT2D eigenvalue weighted by atomic mass is 32.2. The van der Waals surface area contributed by atoms with E-state index < -0.39 is 0 Å². The van der Waals surface area contributed by atoms with Gasteiger partial charge in [0.1, 0.15) is 5.69 Å². The number of para-hydroxylation sites is 1. The van der Waals surface area contributed by atoms with Crippen molar-refractivity contribution in [3.05, 3.63) is 30.0 Å². The monoisotopic (exact) mass is 290 g/mol. The van der Waals surface area contributed by atoms with Gasteiger partial charge in [-0.05, 0) is 18.6 Å². The first kappa shape index (κ1) is 13.5. The van der Waals surface area contributed by atoms with E-state index in [9.17, 15) is 4.79 Å². The Balaban J connectivity index is 1.75. The molecule has 1 aliphatic rings. The number of nitrogens with zero attached hydrogens (tertiary/aromatic N) is 2. The molecule has 106 valence electrons. The van der Waals surface area contributed by atoms with Crippen LogP contribution in [-0.4, -0.2) is 33.6 Å². The minimum absolute atomic E-state index is 0.160. The lowest BCUT2D eigenvalue weighted by atomic mass is 10.1. The molecule has 5 heteroatoms. The van der Waals surface area contributed by atoms with Crippen LogP contribution < -0.4 is 0 Å². The molecule has 0 bridgehead atoms. The Hall–Kier alpha value is -1.49. The van der Waals surface area contributed by atoms with E-state index in [0.717, 1.165) is 41.8 Å². The molecule has 1 fully saturated rings. The van der Waals surface area contributed by atoms with Gasteiger partial charge >= 0.3 is 0 Å². The Morgan fingerprint density at radius 1 is 1.50 bits per heavy atom. The molecular weight excluding hydrogens is 272 g/mol. The fourth-order valence-electron chi connectivity index (χ4n) is 2.60. The summed E-state index contributed by atoms with van der Waals surface area (Å²) < 4.78 is 5.26. The number of benzene rings is 1. The predicted octanol–water partition coefficient (Wildman–Crippen LogP) is 3.07. The van der Waals surface area contributed by atoms with E-state index in [0.29, 0.717) is 11.8 Å². The molecule has 4 nitrogen and oxygen atoms in total. The van der Waals surface area contributed by atoms with E-state index in [4.69, 9.17) is 4.52 Å². The highest BCUT2D eigenvalue weighted by molar-refractivity contribution is 8.00. The van der Waals surface area contributed by atoms with Crippen LogP contribution in [0.5, 0.6) is 0 Å². The number of fused-ring (bicyclic) bond motifs is 1. The van der Waals surface area contributed by atoms with Gasteiger partial charge in [-0.15, -0.1) is 11.8 Å². The number of carbonyl (C=O) groups is 1. The van der Waals surface area contributed by atoms with Crippen molar-refractivity contribution in [1.29, 1.82) is 0 Å². The first-order valence-corrected chi connectivity index (χ1v) is 8.09. The van der Waals surface area contributed by atoms with Crippen LogP contribution in [0.4, 0.5) is 0 Å². The van der Waals surface area contributed by atoms with Crippen LogP contribution in [0.1, 0.15) is 25.5 Å². The van der Waals surface area contributed by atoms with Crippen molar-refractivity contribution < 1.29 is 9.32 Å². The summed E-state index contributed by atoms with van der Waals surface area (Å²) in [6, 6.07) is 7.69. The summed E-state index contributed by atoms with van der Waals surface area (Å²) in [4.78, 5) is 14.5. The summed E-state index contributed by atoms with van der Waals surface area (Å²) in [5.41, 5.74) is 1.49. The maximum Gasteiger partial charge on any atom is 0.229 e. The molecule has 0 unspecified atom stereocenters. The largest absolute Gasteiger partial charge is 0.356 e. The van der Waals surface area contributed by atoms with Crippen molar-refractivity contribution in [2.24, 2.45) is 0 Å². The summed E-state index contributed by atoms with van der Waals surface area (Å²) in [5, 5.41) is 5.33. The van der Waals surface area contributed by atoms with Crippen LogP contribution in [0, 0.1) is 0 Å². The Bertz CT molecular complexity index is 611. The van der Waals surface area contributed by atoms with E-state index in [2.05, 4.69) is 12.1 Å². The molecule has 0 N–H and O–H groups in total. The molecule has 0 saturated carbocycles. The molecule has 2 heterocycles. The van der Waals surface area contributed by atoms with E-state index in [-0.39, 0.29) is 5.91 Å². The van der Waals surface area contributed by atoms with Gasteiger partial charge in [0.05, 0.1) is 11.8 Å². The second-order valence-corrected chi connectivity index (χ2v) is 6.29. The lowest BCUT2D eigenvalue weighted by Crippen LogP contribution is -2.35. The second kappa shape index (κ2) is 5.87. The zero-order valence-electron chi connectivity index (χ0n) is 11.5. The van der Waals surface area contributed by atoms with Gasteiger partial charge in [-0.2, -0.15) is 0 Å². The number of carbonyl (C=O) groups excluding carboxylic acids is 1. The Morgan fingerprint density at radius 2 is 2.35 bits per heavy atom. The fraction of sp³-hybridized carbons (Fsp3) is 0.467. The van der Waals surface area contributed by atoms with Crippen LogP contribution >= 0.6 is 11.8 Å². The molecule has 1 aromatic heterocycles. The van der Waals surface area contributed by atoms with E-state index >= 15 is 0 Å². The van der Waals surface area contributed by atoms with Crippen molar-refractivity contribution in [2.45, 2.75) is 31.6 Å². The summed E-state index contributed by atoms with van der Waals surface area (Å²) >= 11 is 1.88. The Morgan fingerprint density at radius 3 is 3.20 bits per heavy atom. The number of amides is 1. The van der Waals surface area contributed by atoms with Gasteiger partial charge in [-0.1, -0.05) is 30.6 Å². The number of thioether (sulfide) groups is 1. The molecule has 0 radical (unpaired) electrons. The predicted molar refractivity (Wildman–Crippen MR) is 80.6 cm³/mol. The van der Waals surface area contributed by atoms with Gasteiger partial charge in [0.25, 0.3) is 0 Å². The standard InChI is InChI=1S/C15H18N2O2S/c1-2-5-15-17(8-9-20-15)14(18)10-12-11-6-3-4-7-13(11)19-16-12/h3-4,6-7,15H,2,5,8-10H2,1H3/t15-/m1/s1. The third-order valence-electron chi connectivity index (χ3n) is 3.62. The summed E-state index contributed by atoms with van der Waals surface area (Å²) in [6.07, 6.45) is 2.50. The number of hydrogen-bond acceptors (Lipinski definition) is 4. The Labute approximate surface area is 122 Å². The van der Waals surface area contributed by atoms with Crippen molar-refractivity contribution in [2.75, 3.05) is 12.3 Å². The van der Waals surface area contributed by atoms with Crippen molar-refractivity contribution in [3.63, 3.8) is 0 Å². The van der Waals surface area contributed by atoms with Crippen LogP contribution in [-0.2, 0) is 11.2 Å². The van der Waals surface area contributed by atoms with Gasteiger partial charge in [0.15, 0.2) is 5.58 Å². The van der Waals surface area contributed by atoms with Crippen molar-refractivity contribution in [3.8, 4) is 0 Å². The summed E-state index contributed by atoms with van der Waals surface area (Å²) in [7, 11) is 0. The average Bonchev–Trinajstić information content (AvgIpc) is 3.07. The number of rotatable bonds is 4. The molecule has 20 heavy (non-hydrogen) atoms. The van der Waals surface area contributed by atoms with E-state index in [1.165, 1.54) is 0 Å². The molecular formula is C15H18N2O2S. The maximum absolute atomic E-state index is 12.5. The first-order valence-electron chi connectivity index (χ1n) is 7.04. The van der Waals surface area contributed by atoms with Crippen LogP contribution in [0.15, 0.2) is 28.8 Å². The van der Waals surface area contributed by atoms with Gasteiger partial charge in [-0.3, -0.25) is 4.79 Å². The van der Waals surface area contributed by atoms with Gasteiger partial charge in [0, 0.05) is 17.7 Å². The average molecular weight is 290 g/mol. The molecule has 1 aromatic carbocycles. The highest BCUT2D eigenvalue weighted by Gasteiger charge is 2.29. The minimum Gasteiger partial charge on any atom is -0.356 e. The van der Waals surface area contributed by atoms with Crippen LogP contribution in [0.2, 0.25) is 0 Å². The van der Waals surface area contributed by atoms with Gasteiger partial charge < -0.3 is 9.42 Å². The second-order valence-electron chi connectivity index (χ2n) is 5.00. The summed E-state index contributed by atoms with van der Waals surface area (Å²) in [6.45, 7) is 3.01. The SMILES string of the molecule is CCC[C@H]1SCCN1C(=O)Cc1noc2ccccc12. The maximum atomic E-state index is 12.5. The Kier molecular flexibility index (Phi) is 3.96. The normalized spacial score (nSPS) is 18.9. The van der Waals surface area contributed by atoms with Crippen LogP contribution in [0.25, 0.3) is 11.0 Å². The van der Waals surface area contributed by atoms with Crippen LogP contribution in [0.3, 0.4) is 0 Å². The molecule has 0 spiro atoms. The fourth-order valence-corrected chi connectivity index (χ4v) is 3.98. The molecule has 0 aliphatic carbocycles. The smallest absolute Gasteiger partial charge is 0.229 e. The molecule has 3 rings (SSSR count). The zero-order valence-corrected chi connectivity index (χ0v) is 12.4. The lowest BCUT2D eigenvalue weighted by molar-refractivity contribution is -0.130. The molecule has 1 saturated heterocycles. The first-order chi connectivity index (χ1) is 9.79. The lowest BCUT2D eigenvalue weighted by Gasteiger charge is -2.23. The van der Waals surface area contributed by atoms with E-state index in [1.807, 2.05) is 40.9 Å². The van der Waals surface area contributed by atoms with Gasteiger partial charge in [-0.25, -0.2) is 0 Å². The quantitative estimate of drug-likeness (QED) is 0.868. The zero-order chi connectivity index (χ0) is 13.9. The highest BCUT2D eigenvalue weighted by Crippen LogP contribution is 2.28.